The monoisotopic (exact) mass is 413 g/mol. The summed E-state index contributed by atoms with van der Waals surface area (Å²) in [6.07, 6.45) is 3.60. The van der Waals surface area contributed by atoms with Crippen molar-refractivity contribution in [1.29, 1.82) is 0 Å². The summed E-state index contributed by atoms with van der Waals surface area (Å²) < 4.78 is 0.956. The highest BCUT2D eigenvalue weighted by Crippen LogP contribution is 2.39. The lowest BCUT2D eigenvalue weighted by atomic mass is 9.92. The molecule has 6 heteroatoms. The molecule has 0 bridgehead atoms. The van der Waals surface area contributed by atoms with Crippen LogP contribution in [0.25, 0.3) is 21.0 Å². The van der Waals surface area contributed by atoms with Crippen molar-refractivity contribution in [3.63, 3.8) is 0 Å². The molecule has 0 N–H and O–H groups in total. The minimum atomic E-state index is -0.298. The average Bonchev–Trinajstić information content (AvgIpc) is 3.21. The quantitative estimate of drug-likeness (QED) is 0.422. The summed E-state index contributed by atoms with van der Waals surface area (Å²) in [6.45, 7) is 2.02. The lowest BCUT2D eigenvalue weighted by Crippen LogP contribution is -2.40. The highest BCUT2D eigenvalue weighted by molar-refractivity contribution is 7.22. The number of rotatable bonds is 2. The van der Waals surface area contributed by atoms with Gasteiger partial charge in [-0.25, -0.2) is 9.88 Å². The second kappa shape index (κ2) is 6.64. The zero-order valence-electron chi connectivity index (χ0n) is 16.3. The summed E-state index contributed by atoms with van der Waals surface area (Å²) in [7, 11) is 0. The second-order valence-electron chi connectivity index (χ2n) is 7.82. The van der Waals surface area contributed by atoms with Gasteiger partial charge in [0, 0.05) is 40.7 Å². The number of benzene rings is 3. The van der Waals surface area contributed by atoms with Crippen molar-refractivity contribution >= 4 is 55.0 Å². The van der Waals surface area contributed by atoms with E-state index < -0.39 is 0 Å². The number of nitrogens with zero attached hydrogens (tertiary/aromatic N) is 3. The zero-order valence-corrected chi connectivity index (χ0v) is 17.1. The van der Waals surface area contributed by atoms with Crippen molar-refractivity contribution in [2.75, 3.05) is 22.9 Å². The Morgan fingerprint density at radius 1 is 0.800 bits per heavy atom. The molecule has 5 nitrogen and oxygen atoms in total. The molecular formula is C24H19N3O2S. The minimum Gasteiger partial charge on any atom is -0.371 e. The summed E-state index contributed by atoms with van der Waals surface area (Å²) in [5.41, 5.74) is 3.05. The predicted molar refractivity (Wildman–Crippen MR) is 121 cm³/mol. The van der Waals surface area contributed by atoms with Crippen molar-refractivity contribution in [2.24, 2.45) is 0 Å². The number of amides is 2. The van der Waals surface area contributed by atoms with Crippen LogP contribution < -0.4 is 9.80 Å². The largest absolute Gasteiger partial charge is 0.371 e. The SMILES string of the molecule is O=C1c2cccc3c(N4CCCCC4)ccc(c23)C(=O)N1c1nc2ccccc2s1. The number of piperidine rings is 1. The molecule has 30 heavy (non-hydrogen) atoms. The van der Waals surface area contributed by atoms with Gasteiger partial charge >= 0.3 is 0 Å². The number of fused-ring (bicyclic) bond motifs is 1. The number of imide groups is 1. The minimum absolute atomic E-state index is 0.298. The number of para-hydroxylation sites is 1. The second-order valence-corrected chi connectivity index (χ2v) is 8.83. The van der Waals surface area contributed by atoms with Crippen LogP contribution in [0.2, 0.25) is 0 Å². The van der Waals surface area contributed by atoms with E-state index in [0.29, 0.717) is 16.3 Å². The van der Waals surface area contributed by atoms with Gasteiger partial charge in [-0.1, -0.05) is 35.6 Å². The number of thiazole rings is 1. The molecule has 148 valence electrons. The van der Waals surface area contributed by atoms with E-state index in [2.05, 4.69) is 9.88 Å². The van der Waals surface area contributed by atoms with Gasteiger partial charge in [0.15, 0.2) is 0 Å². The molecule has 1 fully saturated rings. The van der Waals surface area contributed by atoms with Gasteiger partial charge in [0.1, 0.15) is 0 Å². The van der Waals surface area contributed by atoms with Gasteiger partial charge in [0.2, 0.25) is 5.13 Å². The standard InChI is InChI=1S/C24H19N3O2S/c28-22-16-8-6-7-15-19(26-13-4-1-5-14-26)12-11-17(21(15)16)23(29)27(22)24-25-18-9-2-3-10-20(18)30-24/h2-3,6-12H,1,4-5,13-14H2. The van der Waals surface area contributed by atoms with Crippen LogP contribution in [0.5, 0.6) is 0 Å². The van der Waals surface area contributed by atoms with E-state index in [4.69, 9.17) is 0 Å². The van der Waals surface area contributed by atoms with Crippen molar-refractivity contribution < 1.29 is 9.59 Å². The van der Waals surface area contributed by atoms with Crippen LogP contribution in [0.15, 0.2) is 54.6 Å². The van der Waals surface area contributed by atoms with Crippen molar-refractivity contribution in [2.45, 2.75) is 19.3 Å². The van der Waals surface area contributed by atoms with Crippen molar-refractivity contribution in [3.8, 4) is 0 Å². The maximum atomic E-state index is 13.4. The van der Waals surface area contributed by atoms with Gasteiger partial charge in [0.25, 0.3) is 11.8 Å². The summed E-state index contributed by atoms with van der Waals surface area (Å²) >= 11 is 1.37. The molecule has 1 aromatic heterocycles. The summed E-state index contributed by atoms with van der Waals surface area (Å²) in [4.78, 5) is 35.0. The molecule has 0 saturated carbocycles. The zero-order chi connectivity index (χ0) is 20.2. The van der Waals surface area contributed by atoms with Crippen LogP contribution >= 0.6 is 11.3 Å². The Kier molecular flexibility index (Phi) is 3.89. The Labute approximate surface area is 177 Å². The molecule has 0 radical (unpaired) electrons. The number of aromatic nitrogens is 1. The van der Waals surface area contributed by atoms with Gasteiger partial charge in [-0.2, -0.15) is 0 Å². The lowest BCUT2D eigenvalue weighted by molar-refractivity contribution is 0.0893. The maximum Gasteiger partial charge on any atom is 0.267 e. The molecule has 2 aliphatic rings. The molecule has 2 amide bonds. The smallest absolute Gasteiger partial charge is 0.267 e. The Hall–Kier alpha value is -3.25. The normalized spacial score (nSPS) is 16.7. The van der Waals surface area contributed by atoms with Gasteiger partial charge in [0.05, 0.1) is 10.2 Å². The first kappa shape index (κ1) is 17.6. The number of anilines is 2. The topological polar surface area (TPSA) is 53.5 Å². The summed E-state index contributed by atoms with van der Waals surface area (Å²) in [5, 5.41) is 2.18. The van der Waals surface area contributed by atoms with Crippen LogP contribution in [0, 0.1) is 0 Å². The fourth-order valence-corrected chi connectivity index (χ4v) is 5.58. The molecule has 0 spiro atoms. The average molecular weight is 414 g/mol. The number of carbonyl (C=O) groups excluding carboxylic acids is 2. The van der Waals surface area contributed by atoms with E-state index in [1.807, 2.05) is 54.6 Å². The predicted octanol–water partition coefficient (Wildman–Crippen LogP) is 5.24. The first-order valence-corrected chi connectivity index (χ1v) is 11.1. The van der Waals surface area contributed by atoms with Crippen LogP contribution in [-0.4, -0.2) is 29.9 Å². The molecule has 3 aromatic carbocycles. The molecule has 0 atom stereocenters. The molecule has 0 aliphatic carbocycles. The Morgan fingerprint density at radius 2 is 1.57 bits per heavy atom. The van der Waals surface area contributed by atoms with E-state index in [-0.39, 0.29) is 11.8 Å². The van der Waals surface area contributed by atoms with Gasteiger partial charge in [-0.05, 0) is 49.6 Å². The highest BCUT2D eigenvalue weighted by Gasteiger charge is 2.36. The fourth-order valence-electron chi connectivity index (χ4n) is 4.62. The fraction of sp³-hybridized carbons (Fsp3) is 0.208. The van der Waals surface area contributed by atoms with Crippen LogP contribution in [-0.2, 0) is 0 Å². The summed E-state index contributed by atoms with van der Waals surface area (Å²) in [6, 6.07) is 17.4. The third kappa shape index (κ3) is 2.50. The molecule has 2 aliphatic heterocycles. The van der Waals surface area contributed by atoms with Gasteiger partial charge < -0.3 is 4.90 Å². The number of hydrogen-bond donors (Lipinski definition) is 0. The first-order valence-electron chi connectivity index (χ1n) is 10.3. The van der Waals surface area contributed by atoms with Gasteiger partial charge in [-0.15, -0.1) is 0 Å². The molecule has 4 aromatic rings. The van der Waals surface area contributed by atoms with Gasteiger partial charge in [-0.3, -0.25) is 9.59 Å². The summed E-state index contributed by atoms with van der Waals surface area (Å²) in [5.74, 6) is -0.596. The van der Waals surface area contributed by atoms with E-state index in [1.165, 1.54) is 35.5 Å². The number of hydrogen-bond acceptors (Lipinski definition) is 5. The molecule has 1 saturated heterocycles. The Morgan fingerprint density at radius 3 is 2.37 bits per heavy atom. The van der Waals surface area contributed by atoms with E-state index >= 15 is 0 Å². The van der Waals surface area contributed by atoms with Crippen LogP contribution in [0.4, 0.5) is 10.8 Å². The third-order valence-electron chi connectivity index (χ3n) is 6.06. The van der Waals surface area contributed by atoms with Crippen LogP contribution in [0.3, 0.4) is 0 Å². The number of carbonyl (C=O) groups is 2. The Bertz CT molecular complexity index is 1280. The van der Waals surface area contributed by atoms with E-state index in [9.17, 15) is 9.59 Å². The molecule has 6 rings (SSSR count). The first-order chi connectivity index (χ1) is 14.7. The third-order valence-corrected chi connectivity index (χ3v) is 7.08. The lowest BCUT2D eigenvalue weighted by Gasteiger charge is -2.32. The molecule has 0 unspecified atom stereocenters. The van der Waals surface area contributed by atoms with E-state index in [0.717, 1.165) is 39.8 Å². The molecule has 3 heterocycles. The van der Waals surface area contributed by atoms with Crippen molar-refractivity contribution in [1.82, 2.24) is 4.98 Å². The van der Waals surface area contributed by atoms with E-state index in [1.54, 1.807) is 0 Å². The van der Waals surface area contributed by atoms with Crippen LogP contribution in [0.1, 0.15) is 40.0 Å². The van der Waals surface area contributed by atoms with Crippen molar-refractivity contribution in [3.05, 3.63) is 65.7 Å². The maximum absolute atomic E-state index is 13.4. The highest BCUT2D eigenvalue weighted by atomic mass is 32.1. The molecular weight excluding hydrogens is 394 g/mol. The Balaban J connectivity index is 1.52.